The Morgan fingerprint density at radius 2 is 1.11 bits per heavy atom. The van der Waals surface area contributed by atoms with Gasteiger partial charge in [-0.2, -0.15) is 0 Å². The molecule has 3 rings (SSSR count). The second kappa shape index (κ2) is 21.7. The topological polar surface area (TPSA) is 105 Å². The van der Waals surface area contributed by atoms with E-state index < -0.39 is 6.10 Å². The van der Waals surface area contributed by atoms with E-state index in [0.29, 0.717) is 18.4 Å². The smallest absolute Gasteiger partial charge is 0.334 e. The van der Waals surface area contributed by atoms with E-state index >= 15 is 0 Å². The highest BCUT2D eigenvalue weighted by molar-refractivity contribution is 5.90. The highest BCUT2D eigenvalue weighted by Crippen LogP contribution is 2.34. The fourth-order valence-electron chi connectivity index (χ4n) is 7.25. The zero-order valence-corrected chi connectivity index (χ0v) is 28.1. The number of hydrogen-bond donors (Lipinski definition) is 3. The molecular formula is C37H66O7. The number of aliphatic hydroxyl groups excluding tert-OH is 3. The molecule has 0 unspecified atom stereocenters. The van der Waals surface area contributed by atoms with Gasteiger partial charge in [0.15, 0.2) is 0 Å². The summed E-state index contributed by atoms with van der Waals surface area (Å²) < 4.78 is 17.7. The molecule has 2 fully saturated rings. The molecule has 0 saturated carbocycles. The van der Waals surface area contributed by atoms with Crippen molar-refractivity contribution in [2.75, 3.05) is 0 Å². The molecule has 0 amide bonds. The lowest BCUT2D eigenvalue weighted by Gasteiger charge is -2.24. The predicted octanol–water partition coefficient (Wildman–Crippen LogP) is 7.86. The predicted molar refractivity (Wildman–Crippen MR) is 175 cm³/mol. The van der Waals surface area contributed by atoms with Gasteiger partial charge in [0, 0.05) is 5.57 Å². The maximum absolute atomic E-state index is 11.7. The Morgan fingerprint density at radius 3 is 1.57 bits per heavy atom. The molecule has 44 heavy (non-hydrogen) atoms. The van der Waals surface area contributed by atoms with Crippen LogP contribution in [0.2, 0.25) is 0 Å². The molecule has 3 aliphatic heterocycles. The Balaban J connectivity index is 1.14. The molecule has 2 saturated heterocycles. The van der Waals surface area contributed by atoms with Gasteiger partial charge in [0.1, 0.15) is 6.10 Å². The first-order valence-electron chi connectivity index (χ1n) is 18.6. The Morgan fingerprint density at radius 1 is 0.659 bits per heavy atom. The monoisotopic (exact) mass is 622 g/mol. The van der Waals surface area contributed by atoms with Crippen molar-refractivity contribution >= 4 is 5.97 Å². The van der Waals surface area contributed by atoms with Crippen molar-refractivity contribution in [1.29, 1.82) is 0 Å². The quantitative estimate of drug-likeness (QED) is 0.0703. The molecule has 256 valence electrons. The molecule has 0 aromatic rings. The van der Waals surface area contributed by atoms with Crippen molar-refractivity contribution in [1.82, 2.24) is 0 Å². The third-order valence-corrected chi connectivity index (χ3v) is 10.1. The lowest BCUT2D eigenvalue weighted by atomic mass is 10.00. The molecule has 0 spiro atoms. The zero-order valence-electron chi connectivity index (χ0n) is 28.1. The first kappa shape index (κ1) is 37.5. The lowest BCUT2D eigenvalue weighted by Crippen LogP contribution is -2.33. The van der Waals surface area contributed by atoms with Gasteiger partial charge in [-0.25, -0.2) is 4.79 Å². The number of hydrogen-bond acceptors (Lipinski definition) is 7. The van der Waals surface area contributed by atoms with E-state index in [0.717, 1.165) is 89.9 Å². The van der Waals surface area contributed by atoms with Crippen LogP contribution in [0.5, 0.6) is 0 Å². The standard InChI is InChI=1S/C37H66O7/c1-3-4-5-6-7-8-9-13-16-19-31(39)33-23-25-35(43-33)36-26-24-34(44-36)32(40)20-17-14-11-10-12-15-18-30(38)22-21-29-27-28(2)42-37(29)41/h27-28,30-36,38-40H,3-26H2,1-2H3/t28-,30+,31-,32-,33-,34+,35-,36+/m0/s1. The average molecular weight is 623 g/mol. The minimum atomic E-state index is -0.417. The van der Waals surface area contributed by atoms with Crippen LogP contribution in [0.3, 0.4) is 0 Å². The summed E-state index contributed by atoms with van der Waals surface area (Å²) in [5.74, 6) is -0.235. The zero-order chi connectivity index (χ0) is 31.6. The molecule has 3 aliphatic rings. The van der Waals surface area contributed by atoms with Crippen LogP contribution in [-0.2, 0) is 19.0 Å². The van der Waals surface area contributed by atoms with Crippen molar-refractivity contribution in [3.05, 3.63) is 11.6 Å². The third-order valence-electron chi connectivity index (χ3n) is 10.1. The molecule has 7 heteroatoms. The number of ether oxygens (including phenoxy) is 3. The second-order valence-corrected chi connectivity index (χ2v) is 14.0. The van der Waals surface area contributed by atoms with E-state index in [1.54, 1.807) is 0 Å². The van der Waals surface area contributed by atoms with Gasteiger partial charge in [-0.3, -0.25) is 0 Å². The van der Waals surface area contributed by atoms with Crippen LogP contribution < -0.4 is 0 Å². The second-order valence-electron chi connectivity index (χ2n) is 14.0. The number of carbonyl (C=O) groups is 1. The normalized spacial score (nSPS) is 27.4. The maximum atomic E-state index is 11.7. The van der Waals surface area contributed by atoms with Gasteiger partial charge < -0.3 is 29.5 Å². The average Bonchev–Trinajstić information content (AvgIpc) is 3.76. The molecule has 3 N–H and O–H groups in total. The molecule has 0 aromatic heterocycles. The summed E-state index contributed by atoms with van der Waals surface area (Å²) in [6, 6.07) is 0. The van der Waals surface area contributed by atoms with E-state index in [4.69, 9.17) is 14.2 Å². The van der Waals surface area contributed by atoms with Crippen molar-refractivity contribution < 1.29 is 34.3 Å². The van der Waals surface area contributed by atoms with Crippen molar-refractivity contribution in [3.63, 3.8) is 0 Å². The summed E-state index contributed by atoms with van der Waals surface area (Å²) >= 11 is 0. The Labute approximate surface area is 268 Å². The number of esters is 1. The van der Waals surface area contributed by atoms with E-state index in [1.165, 1.54) is 51.4 Å². The first-order chi connectivity index (χ1) is 21.4. The van der Waals surface area contributed by atoms with Crippen LogP contribution in [0.1, 0.15) is 168 Å². The molecular weight excluding hydrogens is 556 g/mol. The van der Waals surface area contributed by atoms with Crippen LogP contribution in [0.4, 0.5) is 0 Å². The minimum Gasteiger partial charge on any atom is -0.455 e. The molecule has 0 bridgehead atoms. The van der Waals surface area contributed by atoms with E-state index in [2.05, 4.69) is 6.92 Å². The summed E-state index contributed by atoms with van der Waals surface area (Å²) in [5.41, 5.74) is 0.701. The summed E-state index contributed by atoms with van der Waals surface area (Å²) in [5, 5.41) is 31.7. The fraction of sp³-hybridized carbons (Fsp3) is 0.919. The van der Waals surface area contributed by atoms with Gasteiger partial charge in [0.25, 0.3) is 0 Å². The van der Waals surface area contributed by atoms with Crippen LogP contribution in [-0.4, -0.2) is 70.1 Å². The first-order valence-corrected chi connectivity index (χ1v) is 18.6. The van der Waals surface area contributed by atoms with Crippen LogP contribution in [0.15, 0.2) is 11.6 Å². The van der Waals surface area contributed by atoms with E-state index in [1.807, 2.05) is 13.0 Å². The minimum absolute atomic E-state index is 0.0437. The summed E-state index contributed by atoms with van der Waals surface area (Å²) in [6.07, 6.45) is 25.9. The number of carbonyl (C=O) groups excluding carboxylic acids is 1. The van der Waals surface area contributed by atoms with Crippen LogP contribution in [0, 0.1) is 0 Å². The van der Waals surface area contributed by atoms with Gasteiger partial charge in [0.2, 0.25) is 0 Å². The number of unbranched alkanes of at least 4 members (excludes halogenated alkanes) is 13. The Hall–Kier alpha value is -0.990. The number of aliphatic hydroxyl groups is 3. The van der Waals surface area contributed by atoms with Gasteiger partial charge in [-0.15, -0.1) is 0 Å². The molecule has 7 nitrogen and oxygen atoms in total. The highest BCUT2D eigenvalue weighted by Gasteiger charge is 2.40. The van der Waals surface area contributed by atoms with E-state index in [9.17, 15) is 20.1 Å². The summed E-state index contributed by atoms with van der Waals surface area (Å²) in [4.78, 5) is 11.7. The highest BCUT2D eigenvalue weighted by atomic mass is 16.6. The summed E-state index contributed by atoms with van der Waals surface area (Å²) in [6.45, 7) is 4.11. The number of rotatable bonds is 25. The molecule has 8 atom stereocenters. The maximum Gasteiger partial charge on any atom is 0.334 e. The van der Waals surface area contributed by atoms with Crippen LogP contribution >= 0.6 is 0 Å². The molecule has 0 radical (unpaired) electrons. The van der Waals surface area contributed by atoms with Gasteiger partial charge >= 0.3 is 5.97 Å². The molecule has 0 aliphatic carbocycles. The van der Waals surface area contributed by atoms with Crippen molar-refractivity contribution in [3.8, 4) is 0 Å². The summed E-state index contributed by atoms with van der Waals surface area (Å²) in [7, 11) is 0. The van der Waals surface area contributed by atoms with Gasteiger partial charge in [0.05, 0.1) is 42.7 Å². The molecule has 0 aromatic carbocycles. The van der Waals surface area contributed by atoms with Crippen molar-refractivity contribution in [2.45, 2.75) is 217 Å². The Bertz CT molecular complexity index is 801. The number of cyclic esters (lactones) is 1. The van der Waals surface area contributed by atoms with Gasteiger partial charge in [-0.05, 0) is 70.8 Å². The lowest BCUT2D eigenvalue weighted by molar-refractivity contribution is -0.139. The SMILES string of the molecule is CCCCCCCCCCC[C@H](O)[C@@H]1CC[C@@H]([C@H]2CC[C@H]([C@@H](O)CCCCCCCC[C@@H](O)CCC3=C[C@H](C)OC3=O)O2)O1. The van der Waals surface area contributed by atoms with E-state index in [-0.39, 0.29) is 48.7 Å². The van der Waals surface area contributed by atoms with Crippen LogP contribution in [0.25, 0.3) is 0 Å². The largest absolute Gasteiger partial charge is 0.455 e. The van der Waals surface area contributed by atoms with Gasteiger partial charge in [-0.1, -0.05) is 103 Å². The van der Waals surface area contributed by atoms with Crippen molar-refractivity contribution in [2.24, 2.45) is 0 Å². The fourth-order valence-corrected chi connectivity index (χ4v) is 7.25. The Kier molecular flexibility index (Phi) is 18.5. The molecule has 3 heterocycles. The third kappa shape index (κ3) is 14.2.